The van der Waals surface area contributed by atoms with Crippen molar-refractivity contribution < 1.29 is 0 Å². The van der Waals surface area contributed by atoms with Crippen molar-refractivity contribution in [1.82, 2.24) is 15.0 Å². The Morgan fingerprint density at radius 2 is 1.82 bits per heavy atom. The van der Waals surface area contributed by atoms with Gasteiger partial charge in [-0.2, -0.15) is 0 Å². The molecule has 17 heavy (non-hydrogen) atoms. The summed E-state index contributed by atoms with van der Waals surface area (Å²) in [6, 6.07) is 0. The van der Waals surface area contributed by atoms with Crippen LogP contribution < -0.4 is 0 Å². The quantitative estimate of drug-likeness (QED) is 0.709. The largest absolute Gasteiger partial charge is 0.252 e. The van der Waals surface area contributed by atoms with Gasteiger partial charge in [-0.15, -0.1) is 5.10 Å². The third-order valence-electron chi connectivity index (χ3n) is 3.15. The van der Waals surface area contributed by atoms with E-state index in [2.05, 4.69) is 38.0 Å². The SMILES string of the molecule is CCCCCc1c(CCC(C)(C)C)nnn1C. The molecule has 0 bridgehead atoms. The molecule has 0 aliphatic rings. The zero-order chi connectivity index (χ0) is 12.9. The second kappa shape index (κ2) is 6.18. The molecule has 0 aliphatic heterocycles. The van der Waals surface area contributed by atoms with Crippen LogP contribution in [0.5, 0.6) is 0 Å². The van der Waals surface area contributed by atoms with Crippen LogP contribution in [0.25, 0.3) is 0 Å². The average Bonchev–Trinajstić information content (AvgIpc) is 2.57. The lowest BCUT2D eigenvalue weighted by Gasteiger charge is -2.17. The van der Waals surface area contributed by atoms with E-state index in [1.807, 2.05) is 11.7 Å². The van der Waals surface area contributed by atoms with E-state index < -0.39 is 0 Å². The number of hydrogen-bond donors (Lipinski definition) is 0. The Kier molecular flexibility index (Phi) is 5.16. The first kappa shape index (κ1) is 14.2. The zero-order valence-electron chi connectivity index (χ0n) is 12.1. The number of hydrogen-bond acceptors (Lipinski definition) is 2. The lowest BCUT2D eigenvalue weighted by Crippen LogP contribution is -2.08. The van der Waals surface area contributed by atoms with Gasteiger partial charge < -0.3 is 0 Å². The maximum absolute atomic E-state index is 4.31. The fraction of sp³-hybridized carbons (Fsp3) is 0.857. The van der Waals surface area contributed by atoms with Gasteiger partial charge >= 0.3 is 0 Å². The molecular weight excluding hydrogens is 210 g/mol. The number of aryl methyl sites for hydroxylation is 2. The van der Waals surface area contributed by atoms with Gasteiger partial charge in [0, 0.05) is 7.05 Å². The summed E-state index contributed by atoms with van der Waals surface area (Å²) < 4.78 is 1.95. The van der Waals surface area contributed by atoms with Gasteiger partial charge in [-0.05, 0) is 31.1 Å². The van der Waals surface area contributed by atoms with Crippen molar-refractivity contribution in [3.8, 4) is 0 Å². The topological polar surface area (TPSA) is 30.7 Å². The third kappa shape index (κ3) is 4.88. The standard InChI is InChI=1S/C14H27N3/c1-6-7-8-9-13-12(15-16-17(13)5)10-11-14(2,3)4/h6-11H2,1-5H3. The molecule has 0 radical (unpaired) electrons. The van der Waals surface area contributed by atoms with Crippen molar-refractivity contribution in [2.24, 2.45) is 12.5 Å². The molecule has 3 heteroatoms. The molecule has 0 aromatic carbocycles. The molecule has 0 atom stereocenters. The molecule has 0 spiro atoms. The number of unbranched alkanes of at least 4 members (excludes halogenated alkanes) is 2. The minimum atomic E-state index is 0.373. The van der Waals surface area contributed by atoms with Crippen LogP contribution in [0.15, 0.2) is 0 Å². The molecule has 0 N–H and O–H groups in total. The van der Waals surface area contributed by atoms with Gasteiger partial charge in [-0.3, -0.25) is 4.68 Å². The van der Waals surface area contributed by atoms with Crippen molar-refractivity contribution in [1.29, 1.82) is 0 Å². The highest BCUT2D eigenvalue weighted by Crippen LogP contribution is 2.22. The van der Waals surface area contributed by atoms with Crippen molar-refractivity contribution in [3.63, 3.8) is 0 Å². The molecule has 0 amide bonds. The lowest BCUT2D eigenvalue weighted by molar-refractivity contribution is 0.376. The van der Waals surface area contributed by atoms with Crippen LogP contribution in [-0.2, 0) is 19.9 Å². The summed E-state index contributed by atoms with van der Waals surface area (Å²) in [6.07, 6.45) is 7.16. The lowest BCUT2D eigenvalue weighted by atomic mass is 9.89. The van der Waals surface area contributed by atoms with Gasteiger partial charge in [-0.1, -0.05) is 45.7 Å². The van der Waals surface area contributed by atoms with Crippen LogP contribution in [0, 0.1) is 5.41 Å². The highest BCUT2D eigenvalue weighted by atomic mass is 15.4. The molecule has 0 unspecified atom stereocenters. The summed E-state index contributed by atoms with van der Waals surface area (Å²) in [7, 11) is 2.01. The summed E-state index contributed by atoms with van der Waals surface area (Å²) in [6.45, 7) is 9.07. The van der Waals surface area contributed by atoms with Gasteiger partial charge in [-0.25, -0.2) is 0 Å². The van der Waals surface area contributed by atoms with Crippen LogP contribution >= 0.6 is 0 Å². The zero-order valence-corrected chi connectivity index (χ0v) is 12.1. The normalized spacial score (nSPS) is 12.1. The van der Waals surface area contributed by atoms with Crippen molar-refractivity contribution >= 4 is 0 Å². The van der Waals surface area contributed by atoms with E-state index in [1.54, 1.807) is 0 Å². The average molecular weight is 237 g/mol. The molecule has 1 heterocycles. The molecule has 1 aromatic heterocycles. The highest BCUT2D eigenvalue weighted by molar-refractivity contribution is 5.10. The van der Waals surface area contributed by atoms with Gasteiger partial charge in [0.15, 0.2) is 0 Å². The summed E-state index contributed by atoms with van der Waals surface area (Å²) in [5.74, 6) is 0. The predicted molar refractivity (Wildman–Crippen MR) is 72.0 cm³/mol. The first-order valence-electron chi connectivity index (χ1n) is 6.81. The van der Waals surface area contributed by atoms with E-state index in [0.29, 0.717) is 5.41 Å². The smallest absolute Gasteiger partial charge is 0.0859 e. The van der Waals surface area contributed by atoms with Crippen LogP contribution in [0.2, 0.25) is 0 Å². The first-order chi connectivity index (χ1) is 7.94. The van der Waals surface area contributed by atoms with Gasteiger partial charge in [0.2, 0.25) is 0 Å². The third-order valence-corrected chi connectivity index (χ3v) is 3.15. The Bertz CT molecular complexity index is 334. The van der Waals surface area contributed by atoms with Crippen LogP contribution in [-0.4, -0.2) is 15.0 Å². The predicted octanol–water partition coefficient (Wildman–Crippen LogP) is 3.53. The Morgan fingerprint density at radius 1 is 1.12 bits per heavy atom. The molecule has 0 saturated carbocycles. The van der Waals surface area contributed by atoms with Gasteiger partial charge in [0.05, 0.1) is 11.4 Å². The van der Waals surface area contributed by atoms with E-state index in [9.17, 15) is 0 Å². The molecule has 0 aliphatic carbocycles. The number of aromatic nitrogens is 3. The Labute approximate surface area is 106 Å². The van der Waals surface area contributed by atoms with Crippen LogP contribution in [0.4, 0.5) is 0 Å². The second-order valence-corrected chi connectivity index (χ2v) is 6.12. The minimum Gasteiger partial charge on any atom is -0.252 e. The Balaban J connectivity index is 2.59. The second-order valence-electron chi connectivity index (χ2n) is 6.12. The van der Waals surface area contributed by atoms with Gasteiger partial charge in [0.1, 0.15) is 0 Å². The van der Waals surface area contributed by atoms with E-state index >= 15 is 0 Å². The van der Waals surface area contributed by atoms with Gasteiger partial charge in [0.25, 0.3) is 0 Å². The Morgan fingerprint density at radius 3 is 2.41 bits per heavy atom. The maximum Gasteiger partial charge on any atom is 0.0859 e. The molecular formula is C14H27N3. The first-order valence-corrected chi connectivity index (χ1v) is 6.81. The molecule has 3 nitrogen and oxygen atoms in total. The minimum absolute atomic E-state index is 0.373. The van der Waals surface area contributed by atoms with E-state index in [4.69, 9.17) is 0 Å². The fourth-order valence-electron chi connectivity index (χ4n) is 1.96. The van der Waals surface area contributed by atoms with E-state index in [1.165, 1.54) is 37.1 Å². The monoisotopic (exact) mass is 237 g/mol. The molecule has 98 valence electrons. The van der Waals surface area contributed by atoms with E-state index in [0.717, 1.165) is 12.8 Å². The fourth-order valence-corrected chi connectivity index (χ4v) is 1.96. The van der Waals surface area contributed by atoms with Crippen molar-refractivity contribution in [3.05, 3.63) is 11.4 Å². The Hall–Kier alpha value is -0.860. The maximum atomic E-state index is 4.31. The summed E-state index contributed by atoms with van der Waals surface area (Å²) in [4.78, 5) is 0. The molecule has 0 saturated heterocycles. The van der Waals surface area contributed by atoms with E-state index in [-0.39, 0.29) is 0 Å². The number of rotatable bonds is 6. The van der Waals surface area contributed by atoms with Crippen LogP contribution in [0.3, 0.4) is 0 Å². The summed E-state index contributed by atoms with van der Waals surface area (Å²) >= 11 is 0. The molecule has 1 aromatic rings. The summed E-state index contributed by atoms with van der Waals surface area (Å²) in [5, 5.41) is 8.47. The number of nitrogens with zero attached hydrogens (tertiary/aromatic N) is 3. The molecule has 1 rings (SSSR count). The summed E-state index contributed by atoms with van der Waals surface area (Å²) in [5.41, 5.74) is 2.92. The van der Waals surface area contributed by atoms with Crippen molar-refractivity contribution in [2.75, 3.05) is 0 Å². The molecule has 0 fully saturated rings. The van der Waals surface area contributed by atoms with Crippen LogP contribution in [0.1, 0.15) is 64.8 Å². The highest BCUT2D eigenvalue weighted by Gasteiger charge is 2.15. The van der Waals surface area contributed by atoms with Crippen molar-refractivity contribution in [2.45, 2.75) is 66.2 Å².